The van der Waals surface area contributed by atoms with Gasteiger partial charge in [0.1, 0.15) is 10.8 Å². The Kier molecular flexibility index (Phi) is 4.76. The van der Waals surface area contributed by atoms with Crippen molar-refractivity contribution in [1.29, 1.82) is 0 Å². The molecule has 0 fully saturated rings. The highest BCUT2D eigenvalue weighted by Gasteiger charge is 2.12. The smallest absolute Gasteiger partial charge is 0.317 e. The summed E-state index contributed by atoms with van der Waals surface area (Å²) in [4.78, 5) is 16.7. The number of hydrogen-bond acceptors (Lipinski definition) is 7. The molecule has 2 heterocycles. The van der Waals surface area contributed by atoms with Gasteiger partial charge in [-0.25, -0.2) is 4.98 Å². The molecule has 2 aromatic heterocycles. The van der Waals surface area contributed by atoms with Crippen LogP contribution in [-0.2, 0) is 11.2 Å². The van der Waals surface area contributed by atoms with E-state index in [1.165, 1.54) is 23.3 Å². The number of carbonyl (C=O) groups is 1. The first-order chi connectivity index (χ1) is 13.2. The lowest BCUT2D eigenvalue weighted by Gasteiger charge is -2.03. The van der Waals surface area contributed by atoms with Crippen LogP contribution in [0.15, 0.2) is 64.7 Å². The molecule has 0 aliphatic rings. The quantitative estimate of drug-likeness (QED) is 0.381. The summed E-state index contributed by atoms with van der Waals surface area (Å²) in [7, 11) is 0. The van der Waals surface area contributed by atoms with E-state index >= 15 is 0 Å². The van der Waals surface area contributed by atoms with Crippen LogP contribution in [0.25, 0.3) is 22.0 Å². The summed E-state index contributed by atoms with van der Waals surface area (Å²) >= 11 is 1.52. The average Bonchev–Trinajstić information content (AvgIpc) is 3.34. The molecule has 4 aromatic rings. The van der Waals surface area contributed by atoms with Crippen LogP contribution in [0.4, 0.5) is 0 Å². The molecule has 27 heavy (non-hydrogen) atoms. The van der Waals surface area contributed by atoms with E-state index < -0.39 is 0 Å². The fourth-order valence-electron chi connectivity index (χ4n) is 2.58. The second kappa shape index (κ2) is 7.51. The lowest BCUT2D eigenvalue weighted by atomic mass is 10.1. The monoisotopic (exact) mass is 377 g/mol. The van der Waals surface area contributed by atoms with Crippen molar-refractivity contribution < 1.29 is 13.9 Å². The van der Waals surface area contributed by atoms with Crippen molar-refractivity contribution >= 4 is 17.3 Å². The number of aromatic nitrogens is 3. The van der Waals surface area contributed by atoms with Gasteiger partial charge in [0.25, 0.3) is 0 Å². The van der Waals surface area contributed by atoms with Gasteiger partial charge in [0, 0.05) is 16.5 Å². The Balaban J connectivity index is 1.40. The molecule has 0 unspecified atom stereocenters. The molecule has 0 spiro atoms. The molecule has 0 atom stereocenters. The number of thiazole rings is 1. The van der Waals surface area contributed by atoms with Gasteiger partial charge in [-0.15, -0.1) is 21.5 Å². The summed E-state index contributed by atoms with van der Waals surface area (Å²) in [6, 6.07) is 15.0. The van der Waals surface area contributed by atoms with Gasteiger partial charge in [0.15, 0.2) is 0 Å². The Hall–Kier alpha value is -3.32. The van der Waals surface area contributed by atoms with E-state index in [-0.39, 0.29) is 12.4 Å². The summed E-state index contributed by atoms with van der Waals surface area (Å²) in [5.74, 6) is 0.512. The van der Waals surface area contributed by atoms with E-state index in [1.54, 1.807) is 24.3 Å². The molecule has 0 aliphatic heterocycles. The zero-order valence-corrected chi connectivity index (χ0v) is 15.3. The molecule has 4 rings (SSSR count). The Morgan fingerprint density at radius 2 is 2.00 bits per heavy atom. The predicted molar refractivity (Wildman–Crippen MR) is 101 cm³/mol. The maximum atomic E-state index is 12.2. The molecule has 0 radical (unpaired) electrons. The molecule has 7 heteroatoms. The van der Waals surface area contributed by atoms with Gasteiger partial charge in [-0.3, -0.25) is 4.79 Å². The maximum Gasteiger partial charge on any atom is 0.317 e. The summed E-state index contributed by atoms with van der Waals surface area (Å²) in [6.07, 6.45) is 1.38. The zero-order valence-electron chi connectivity index (χ0n) is 14.5. The molecule has 0 aliphatic carbocycles. The van der Waals surface area contributed by atoms with Gasteiger partial charge < -0.3 is 9.15 Å². The van der Waals surface area contributed by atoms with Gasteiger partial charge in [0.05, 0.1) is 12.1 Å². The number of ether oxygens (including phenoxy) is 1. The third-order valence-corrected chi connectivity index (χ3v) is 4.78. The fraction of sp³-hybridized carbons (Fsp3) is 0.100. The Labute approximate surface area is 159 Å². The van der Waals surface area contributed by atoms with Crippen LogP contribution in [-0.4, -0.2) is 21.2 Å². The van der Waals surface area contributed by atoms with E-state index in [9.17, 15) is 4.79 Å². The number of aryl methyl sites for hydroxylation is 1. The van der Waals surface area contributed by atoms with Crippen LogP contribution < -0.4 is 4.74 Å². The number of rotatable bonds is 5. The van der Waals surface area contributed by atoms with Gasteiger partial charge in [-0.2, -0.15) is 0 Å². The Morgan fingerprint density at radius 3 is 2.74 bits per heavy atom. The fourth-order valence-corrected chi connectivity index (χ4v) is 3.40. The first kappa shape index (κ1) is 17.1. The molecule has 0 saturated heterocycles. The second-order valence-corrected chi connectivity index (χ2v) is 6.79. The topological polar surface area (TPSA) is 78.1 Å². The molecule has 6 nitrogen and oxygen atoms in total. The van der Waals surface area contributed by atoms with Crippen LogP contribution in [0, 0.1) is 6.92 Å². The van der Waals surface area contributed by atoms with E-state index in [2.05, 4.69) is 21.2 Å². The first-order valence-corrected chi connectivity index (χ1v) is 9.14. The highest BCUT2D eigenvalue weighted by molar-refractivity contribution is 7.13. The lowest BCUT2D eigenvalue weighted by molar-refractivity contribution is -0.133. The third-order valence-electron chi connectivity index (χ3n) is 3.84. The summed E-state index contributed by atoms with van der Waals surface area (Å²) < 4.78 is 10.5. The Morgan fingerprint density at radius 1 is 1.15 bits per heavy atom. The normalized spacial score (nSPS) is 10.7. The maximum absolute atomic E-state index is 12.2. The molecule has 0 saturated carbocycles. The largest absolute Gasteiger partial charge is 0.426 e. The highest BCUT2D eigenvalue weighted by atomic mass is 32.1. The van der Waals surface area contributed by atoms with Crippen molar-refractivity contribution in [3.63, 3.8) is 0 Å². The summed E-state index contributed by atoms with van der Waals surface area (Å²) in [6.45, 7) is 2.04. The van der Waals surface area contributed by atoms with Crippen LogP contribution in [0.2, 0.25) is 0 Å². The average molecular weight is 377 g/mol. The lowest BCUT2D eigenvalue weighted by Crippen LogP contribution is -2.11. The SMILES string of the molecule is Cc1cccc(-c2nc(CC(=O)Oc3ccc(-c4nnco4)cc3)cs2)c1. The summed E-state index contributed by atoms with van der Waals surface area (Å²) in [5, 5.41) is 10.3. The van der Waals surface area contributed by atoms with Gasteiger partial charge in [0.2, 0.25) is 12.3 Å². The highest BCUT2D eigenvalue weighted by Crippen LogP contribution is 2.25. The van der Waals surface area contributed by atoms with Crippen molar-refractivity contribution in [2.75, 3.05) is 0 Å². The number of nitrogens with zero attached hydrogens (tertiary/aromatic N) is 3. The van der Waals surface area contributed by atoms with E-state index in [0.29, 0.717) is 17.3 Å². The minimum absolute atomic E-state index is 0.119. The molecular weight excluding hydrogens is 362 g/mol. The van der Waals surface area contributed by atoms with Crippen LogP contribution in [0.3, 0.4) is 0 Å². The third kappa shape index (κ3) is 4.09. The predicted octanol–water partition coefficient (Wildman–Crippen LogP) is 4.32. The van der Waals surface area contributed by atoms with Crippen molar-refractivity contribution in [2.24, 2.45) is 0 Å². The minimum atomic E-state index is -0.360. The van der Waals surface area contributed by atoms with Crippen molar-refractivity contribution in [2.45, 2.75) is 13.3 Å². The number of carbonyl (C=O) groups excluding carboxylic acids is 1. The van der Waals surface area contributed by atoms with Crippen LogP contribution >= 0.6 is 11.3 Å². The molecular formula is C20H15N3O3S. The van der Waals surface area contributed by atoms with Gasteiger partial charge in [-0.1, -0.05) is 23.8 Å². The number of benzene rings is 2. The summed E-state index contributed by atoms with van der Waals surface area (Å²) in [5.41, 5.74) is 3.68. The molecule has 0 amide bonds. The first-order valence-electron chi connectivity index (χ1n) is 8.26. The van der Waals surface area contributed by atoms with Gasteiger partial charge >= 0.3 is 5.97 Å². The Bertz CT molecular complexity index is 1060. The van der Waals surface area contributed by atoms with E-state index in [0.717, 1.165) is 16.1 Å². The van der Waals surface area contributed by atoms with Crippen LogP contribution in [0.5, 0.6) is 5.75 Å². The molecule has 2 aromatic carbocycles. The van der Waals surface area contributed by atoms with Gasteiger partial charge in [-0.05, 0) is 37.3 Å². The standard InChI is InChI=1S/C20H15N3O3S/c1-13-3-2-4-15(9-13)20-22-16(11-27-20)10-18(24)26-17-7-5-14(6-8-17)19-23-21-12-25-19/h2-9,11-12H,10H2,1H3. The molecule has 0 N–H and O–H groups in total. The van der Waals surface area contributed by atoms with E-state index in [4.69, 9.17) is 9.15 Å². The molecule has 0 bridgehead atoms. The van der Waals surface area contributed by atoms with Crippen LogP contribution in [0.1, 0.15) is 11.3 Å². The number of hydrogen-bond donors (Lipinski definition) is 0. The van der Waals surface area contributed by atoms with E-state index in [1.807, 2.05) is 30.5 Å². The van der Waals surface area contributed by atoms with Crippen molar-refractivity contribution in [3.8, 4) is 27.8 Å². The minimum Gasteiger partial charge on any atom is -0.426 e. The van der Waals surface area contributed by atoms with Crippen molar-refractivity contribution in [3.05, 3.63) is 71.6 Å². The van der Waals surface area contributed by atoms with Crippen molar-refractivity contribution in [1.82, 2.24) is 15.2 Å². The molecule has 134 valence electrons. The number of esters is 1. The zero-order chi connectivity index (χ0) is 18.6. The second-order valence-electron chi connectivity index (χ2n) is 5.93.